The molecule has 11 N–H and O–H groups in total. The molecule has 12 unspecified atom stereocenters. The number of aromatic nitrogens is 4. The maximum atomic E-state index is 12.8. The number of amides is 2. The lowest BCUT2D eigenvalue weighted by molar-refractivity contribution is -0.336. The van der Waals surface area contributed by atoms with Gasteiger partial charge in [-0.2, -0.15) is 4.31 Å². The number of nitrogens with two attached hydrogens (primary N) is 1. The smallest absolute Gasteiger partial charge is 0.386 e. The van der Waals surface area contributed by atoms with Crippen molar-refractivity contribution in [1.82, 2.24) is 30.2 Å². The van der Waals surface area contributed by atoms with Crippen LogP contribution in [0.1, 0.15) is 78.4 Å². The van der Waals surface area contributed by atoms with Crippen LogP contribution >= 0.6 is 35.2 Å². The number of anilines is 1. The van der Waals surface area contributed by atoms with Gasteiger partial charge in [-0.25, -0.2) is 43.3 Å². The topological polar surface area (TPSA) is 412 Å². The zero-order valence-corrected chi connectivity index (χ0v) is 44.7. The number of hydrogen-bond donors (Lipinski definition) is 10. The molecule has 3 aliphatic rings. The van der Waals surface area contributed by atoms with Crippen LogP contribution in [0.15, 0.2) is 61.3 Å². The molecular formula is C43H66N7O21P3S. The minimum atomic E-state index is -5.60. The van der Waals surface area contributed by atoms with Crippen molar-refractivity contribution in [2.24, 2.45) is 17.3 Å². The van der Waals surface area contributed by atoms with E-state index in [-0.39, 0.29) is 59.7 Å². The summed E-state index contributed by atoms with van der Waals surface area (Å²) in [5.41, 5.74) is 4.24. The number of ether oxygens (including phenoxy) is 1. The Morgan fingerprint density at radius 1 is 0.973 bits per heavy atom. The average Bonchev–Trinajstić information content (AvgIpc) is 4.14. The fourth-order valence-electron chi connectivity index (χ4n) is 8.03. The third-order valence-corrected chi connectivity index (χ3v) is 16.0. The van der Waals surface area contributed by atoms with Crippen molar-refractivity contribution < 1.29 is 100 Å². The summed E-state index contributed by atoms with van der Waals surface area (Å²) in [5.74, 6) is -0.702. The Kier molecular flexibility index (Phi) is 23.9. The fraction of sp³-hybridized carbons (Fsp3) is 0.628. The Balaban J connectivity index is 0.926. The Hall–Kier alpha value is -3.64. The van der Waals surface area contributed by atoms with E-state index in [0.717, 1.165) is 48.2 Å². The van der Waals surface area contributed by atoms with E-state index in [1.807, 2.05) is 30.4 Å². The number of aliphatic hydroxyl groups is 2. The first-order valence-corrected chi connectivity index (χ1v) is 29.2. The predicted octanol–water partition coefficient (Wildman–Crippen LogP) is 3.44. The highest BCUT2D eigenvalue weighted by Gasteiger charge is 2.51. The van der Waals surface area contributed by atoms with Crippen molar-refractivity contribution in [3.63, 3.8) is 0 Å². The van der Waals surface area contributed by atoms with Gasteiger partial charge in [-0.3, -0.25) is 37.8 Å². The molecule has 2 aliphatic heterocycles. The normalized spacial score (nSPS) is 25.7. The van der Waals surface area contributed by atoms with Gasteiger partial charge < -0.3 is 50.9 Å². The predicted molar refractivity (Wildman–Crippen MR) is 266 cm³/mol. The molecule has 2 amide bonds. The molecule has 75 heavy (non-hydrogen) atoms. The van der Waals surface area contributed by atoms with Gasteiger partial charge in [-0.05, 0) is 32.1 Å². The van der Waals surface area contributed by atoms with Gasteiger partial charge in [0, 0.05) is 55.4 Å². The molecule has 1 saturated carbocycles. The van der Waals surface area contributed by atoms with Crippen LogP contribution in [0.3, 0.4) is 0 Å². The zero-order chi connectivity index (χ0) is 55.0. The molecule has 4 heterocycles. The first-order valence-electron chi connectivity index (χ1n) is 23.7. The number of nitrogens with zero attached hydrogens (tertiary/aromatic N) is 4. The molecule has 1 aliphatic carbocycles. The van der Waals surface area contributed by atoms with Crippen LogP contribution in [0.2, 0.25) is 0 Å². The first kappa shape index (κ1) is 62.2. The molecule has 2 bridgehead atoms. The van der Waals surface area contributed by atoms with Gasteiger partial charge in [-0.15, -0.1) is 0 Å². The van der Waals surface area contributed by atoms with E-state index in [1.54, 1.807) is 0 Å². The van der Waals surface area contributed by atoms with E-state index >= 15 is 0 Å². The highest BCUT2D eigenvalue weighted by molar-refractivity contribution is 8.13. The molecular weight excluding hydrogens is 1080 g/mol. The second-order valence-electron chi connectivity index (χ2n) is 18.1. The number of fused-ring (bicyclic) bond motifs is 3. The van der Waals surface area contributed by atoms with Gasteiger partial charge in [0.05, 0.1) is 25.6 Å². The van der Waals surface area contributed by atoms with Gasteiger partial charge >= 0.3 is 23.5 Å². The molecule has 2 aromatic heterocycles. The van der Waals surface area contributed by atoms with Gasteiger partial charge in [0.25, 0.3) is 0 Å². The van der Waals surface area contributed by atoms with Crippen molar-refractivity contribution in [2.45, 2.75) is 121 Å². The number of allylic oxidation sites excluding steroid dienone is 5. The second kappa shape index (κ2) is 28.8. The highest BCUT2D eigenvalue weighted by Crippen LogP contribution is 2.61. The molecule has 420 valence electrons. The van der Waals surface area contributed by atoms with Crippen molar-refractivity contribution >= 4 is 69.1 Å². The molecule has 32 heteroatoms. The minimum Gasteiger partial charge on any atom is -0.386 e. The monoisotopic (exact) mass is 1140 g/mol. The fourth-order valence-corrected chi connectivity index (χ4v) is 11.6. The first-order chi connectivity index (χ1) is 35.4. The van der Waals surface area contributed by atoms with E-state index in [2.05, 4.69) is 64.5 Å². The van der Waals surface area contributed by atoms with E-state index in [4.69, 9.17) is 29.3 Å². The SMILES string of the molecule is CC/C=C/CC1C2CC(OO2)C1/C=C/C(C/C=C/C/C=C/CCC(=O)SCCNC(=O)CCNC(=O)C(O)C(C)(C)COP(=O)(O)OP(=O)(O)OCC1OC(n2cnc3c(N)ncnc32)C(O)C1OP(=O)(O)O)OO. The van der Waals surface area contributed by atoms with Crippen LogP contribution in [0.5, 0.6) is 0 Å². The highest BCUT2D eigenvalue weighted by atomic mass is 32.2. The zero-order valence-electron chi connectivity index (χ0n) is 41.2. The summed E-state index contributed by atoms with van der Waals surface area (Å²) in [4.78, 5) is 104. The lowest BCUT2D eigenvalue weighted by Gasteiger charge is -2.30. The molecule has 5 rings (SSSR count). The van der Waals surface area contributed by atoms with Crippen molar-refractivity contribution in [1.29, 1.82) is 0 Å². The van der Waals surface area contributed by atoms with Crippen LogP contribution in [0, 0.1) is 17.3 Å². The van der Waals surface area contributed by atoms with E-state index in [9.17, 15) is 63.1 Å². The molecule has 3 fully saturated rings. The van der Waals surface area contributed by atoms with E-state index in [1.165, 1.54) is 13.8 Å². The standard InChI is InChI=1S/C43H66N7O21P3S/c1-4-5-10-14-28-29(31-22-30(28)68-69-31)17-16-27(67-56)13-11-8-6-7-9-12-15-34(52)75-21-20-45-33(51)18-19-46-41(55)38(54)43(2,3)24-65-74(62,63)71-73(60,61)64-23-32-37(70-72(57,58)59)36(53)42(66-32)50-26-49-35-39(44)47-25-48-40(35)50/h5,7-11,16-17,25-32,36-38,42,53-54,56H,4,6,12-15,18-24H2,1-3H3,(H,45,51)(H,46,55)(H,60,61)(H,62,63)(H2,44,47,48)(H2,57,58,59)/b9-7+,10-5+,11-8+,17-16+. The molecule has 12 atom stereocenters. The lowest BCUT2D eigenvalue weighted by atomic mass is 9.87. The molecule has 2 aromatic rings. The lowest BCUT2D eigenvalue weighted by Crippen LogP contribution is -2.46. The van der Waals surface area contributed by atoms with Gasteiger partial charge in [0.2, 0.25) is 11.8 Å². The van der Waals surface area contributed by atoms with Crippen molar-refractivity contribution in [3.8, 4) is 0 Å². The number of carbonyl (C=O) groups is 3. The Morgan fingerprint density at radius 3 is 2.44 bits per heavy atom. The number of phosphoric acid groups is 3. The number of nitrogens with one attached hydrogen (secondary N) is 2. The largest absolute Gasteiger partial charge is 0.481 e. The Labute approximate surface area is 435 Å². The summed E-state index contributed by atoms with van der Waals surface area (Å²) in [6, 6.07) is 0. The van der Waals surface area contributed by atoms with E-state index < -0.39 is 90.7 Å². The van der Waals surface area contributed by atoms with E-state index in [0.29, 0.717) is 37.4 Å². The molecule has 0 spiro atoms. The van der Waals surface area contributed by atoms with Gasteiger partial charge in [0.15, 0.2) is 22.8 Å². The third kappa shape index (κ3) is 19.3. The van der Waals surface area contributed by atoms with Crippen LogP contribution in [-0.4, -0.2) is 146 Å². The molecule has 2 saturated heterocycles. The van der Waals surface area contributed by atoms with Crippen LogP contribution in [0.4, 0.5) is 5.82 Å². The Bertz CT molecular complexity index is 2490. The van der Waals surface area contributed by atoms with Crippen molar-refractivity contribution in [3.05, 3.63) is 61.3 Å². The summed E-state index contributed by atoms with van der Waals surface area (Å²) in [7, 11) is -16.5. The number of thioether (sulfide) groups is 1. The Morgan fingerprint density at radius 2 is 1.71 bits per heavy atom. The van der Waals surface area contributed by atoms with Gasteiger partial charge in [-0.1, -0.05) is 81.1 Å². The number of phosphoric ester groups is 3. The summed E-state index contributed by atoms with van der Waals surface area (Å²) in [6.45, 7) is 2.48. The molecule has 28 nitrogen and oxygen atoms in total. The number of carbonyl (C=O) groups excluding carboxylic acids is 3. The van der Waals surface area contributed by atoms with Gasteiger partial charge in [0.1, 0.15) is 48.5 Å². The molecule has 0 aromatic carbocycles. The van der Waals surface area contributed by atoms with Crippen molar-refractivity contribution in [2.75, 3.05) is 37.8 Å². The number of hydrogen-bond acceptors (Lipinski definition) is 22. The average molecular weight is 1140 g/mol. The molecule has 0 radical (unpaired) electrons. The second-order valence-corrected chi connectivity index (χ2v) is 23.5. The third-order valence-electron chi connectivity index (χ3n) is 11.9. The summed E-state index contributed by atoms with van der Waals surface area (Å²) in [6.07, 6.45) is 13.1. The van der Waals surface area contributed by atoms with Crippen LogP contribution < -0.4 is 16.4 Å². The summed E-state index contributed by atoms with van der Waals surface area (Å²) in [5, 5.41) is 36.0. The summed E-state index contributed by atoms with van der Waals surface area (Å²) < 4.78 is 62.5. The minimum absolute atomic E-state index is 0.00330. The maximum Gasteiger partial charge on any atom is 0.481 e. The quantitative estimate of drug-likeness (QED) is 0.0165. The maximum absolute atomic E-state index is 12.8. The number of aliphatic hydroxyl groups excluding tert-OH is 2. The summed E-state index contributed by atoms with van der Waals surface area (Å²) >= 11 is 1.06. The van der Waals surface area contributed by atoms with Crippen LogP contribution in [0.25, 0.3) is 11.2 Å². The number of nitrogen functional groups attached to an aromatic ring is 1. The number of rotatable bonds is 32. The van der Waals surface area contributed by atoms with Crippen LogP contribution in [-0.2, 0) is 65.4 Å². The number of imidazole rings is 1.